The quantitative estimate of drug-likeness (QED) is 0.205. The summed E-state index contributed by atoms with van der Waals surface area (Å²) in [4.78, 5) is 50.7. The summed E-state index contributed by atoms with van der Waals surface area (Å²) >= 11 is 0. The number of aliphatic carboxylic acids is 1. The summed E-state index contributed by atoms with van der Waals surface area (Å²) in [5.41, 5.74) is 15.9. The van der Waals surface area contributed by atoms with Crippen molar-refractivity contribution < 1.29 is 19.5 Å². The van der Waals surface area contributed by atoms with Crippen LogP contribution in [0.4, 0.5) is 11.6 Å². The molecule has 160 valence electrons. The Hall–Kier alpha value is -4.80. The second-order valence-corrected chi connectivity index (χ2v) is 5.97. The van der Waals surface area contributed by atoms with Crippen LogP contribution in [0.3, 0.4) is 0 Å². The average Bonchev–Trinajstić information content (AvgIpc) is 2.72. The van der Waals surface area contributed by atoms with E-state index >= 15 is 0 Å². The van der Waals surface area contributed by atoms with Gasteiger partial charge in [-0.05, 0) is 11.6 Å². The molecule has 9 N–H and O–H groups in total. The van der Waals surface area contributed by atoms with Crippen LogP contribution >= 0.6 is 0 Å². The molecule has 1 unspecified atom stereocenters. The number of pyridine rings is 1. The number of hydrogen-bond donors (Lipinski definition) is 6. The van der Waals surface area contributed by atoms with E-state index in [9.17, 15) is 14.4 Å². The molecule has 0 radical (unpaired) electrons. The van der Waals surface area contributed by atoms with Gasteiger partial charge in [-0.15, -0.1) is 0 Å². The molecule has 0 aromatic carbocycles. The van der Waals surface area contributed by atoms with E-state index in [-0.39, 0.29) is 23.8 Å². The monoisotopic (exact) mass is 426 g/mol. The predicted molar refractivity (Wildman–Crippen MR) is 106 cm³/mol. The number of nitrogens with zero attached hydrogens (tertiary/aromatic N) is 5. The number of anilines is 1. The van der Waals surface area contributed by atoms with Crippen LogP contribution in [0.5, 0.6) is 0 Å². The normalized spacial score (nSPS) is 10.9. The van der Waals surface area contributed by atoms with Crippen LogP contribution in [0.2, 0.25) is 0 Å². The summed E-state index contributed by atoms with van der Waals surface area (Å²) in [6.07, 6.45) is 2.54. The molecule has 0 aliphatic rings. The Kier molecular flexibility index (Phi) is 7.34. The molecular formula is C17H18N10O4. The molecule has 2 aromatic heterocycles. The van der Waals surface area contributed by atoms with Gasteiger partial charge in [0.15, 0.2) is 29.0 Å². The second-order valence-electron chi connectivity index (χ2n) is 5.97. The number of aromatic nitrogens is 3. The van der Waals surface area contributed by atoms with Crippen LogP contribution in [0.25, 0.3) is 0 Å². The van der Waals surface area contributed by atoms with Crippen molar-refractivity contribution in [2.75, 3.05) is 12.3 Å². The number of guanidine groups is 1. The Morgan fingerprint density at radius 3 is 2.61 bits per heavy atom. The molecule has 1 atom stereocenters. The van der Waals surface area contributed by atoms with E-state index in [4.69, 9.17) is 27.6 Å². The van der Waals surface area contributed by atoms with Gasteiger partial charge in [0.05, 0.1) is 19.0 Å². The summed E-state index contributed by atoms with van der Waals surface area (Å²) in [6, 6.07) is 4.04. The van der Waals surface area contributed by atoms with Crippen molar-refractivity contribution in [3.8, 4) is 6.07 Å². The maximum atomic E-state index is 12.4. The molecule has 0 aliphatic heterocycles. The van der Waals surface area contributed by atoms with Gasteiger partial charge >= 0.3 is 5.97 Å². The van der Waals surface area contributed by atoms with Crippen LogP contribution < -0.4 is 27.8 Å². The molecule has 0 bridgehead atoms. The maximum Gasteiger partial charge on any atom is 0.305 e. The van der Waals surface area contributed by atoms with Crippen molar-refractivity contribution in [3.63, 3.8) is 0 Å². The van der Waals surface area contributed by atoms with E-state index in [1.54, 1.807) is 18.2 Å². The fourth-order valence-corrected chi connectivity index (χ4v) is 2.38. The molecule has 14 nitrogen and oxygen atoms in total. The number of carbonyl (C=O) groups excluding carboxylic acids is 2. The minimum Gasteiger partial charge on any atom is -0.481 e. The molecule has 0 saturated heterocycles. The first kappa shape index (κ1) is 22.5. The molecule has 31 heavy (non-hydrogen) atoms. The fraction of sp³-hybridized carbons (Fsp3) is 0.176. The van der Waals surface area contributed by atoms with Crippen molar-refractivity contribution in [3.05, 3.63) is 41.5 Å². The van der Waals surface area contributed by atoms with E-state index < -0.39 is 42.0 Å². The Morgan fingerprint density at radius 1 is 1.29 bits per heavy atom. The number of rotatable bonds is 8. The largest absolute Gasteiger partial charge is 0.481 e. The molecule has 2 rings (SSSR count). The second kappa shape index (κ2) is 10.1. The first-order chi connectivity index (χ1) is 14.7. The van der Waals surface area contributed by atoms with E-state index in [1.807, 2.05) is 0 Å². The van der Waals surface area contributed by atoms with Crippen LogP contribution in [0, 0.1) is 11.3 Å². The molecule has 0 aliphatic carbocycles. The van der Waals surface area contributed by atoms with Crippen LogP contribution in [-0.2, 0) is 9.59 Å². The van der Waals surface area contributed by atoms with Crippen LogP contribution in [0.15, 0.2) is 29.5 Å². The Labute approximate surface area is 175 Å². The fourth-order valence-electron chi connectivity index (χ4n) is 2.38. The molecule has 0 spiro atoms. The lowest BCUT2D eigenvalue weighted by atomic mass is 10.1. The summed E-state index contributed by atoms with van der Waals surface area (Å²) in [5, 5.41) is 22.9. The zero-order chi connectivity index (χ0) is 23.0. The zero-order valence-corrected chi connectivity index (χ0v) is 15.9. The minimum absolute atomic E-state index is 0.298. The average molecular weight is 426 g/mol. The SMILES string of the molecule is N#Cc1nc(N)c(C(=O)NCC(=O)NC(CC(=O)O)c2cccnc2)nc1N=C(N)N. The first-order valence-electron chi connectivity index (χ1n) is 8.57. The molecular weight excluding hydrogens is 408 g/mol. The number of nitriles is 1. The van der Waals surface area contributed by atoms with Gasteiger partial charge in [-0.3, -0.25) is 19.4 Å². The highest BCUT2D eigenvalue weighted by Crippen LogP contribution is 2.18. The van der Waals surface area contributed by atoms with Crippen molar-refractivity contribution in [2.24, 2.45) is 16.5 Å². The summed E-state index contributed by atoms with van der Waals surface area (Å²) in [5.74, 6) is -3.79. The van der Waals surface area contributed by atoms with E-state index in [0.717, 1.165) is 0 Å². The third-order valence-corrected chi connectivity index (χ3v) is 3.67. The minimum atomic E-state index is -1.13. The lowest BCUT2D eigenvalue weighted by Crippen LogP contribution is -2.39. The lowest BCUT2D eigenvalue weighted by Gasteiger charge is -2.17. The van der Waals surface area contributed by atoms with Gasteiger partial charge in [0.25, 0.3) is 5.91 Å². The Balaban J connectivity index is 2.11. The molecule has 2 heterocycles. The van der Waals surface area contributed by atoms with E-state index in [1.165, 1.54) is 12.4 Å². The Bertz CT molecular complexity index is 1060. The smallest absolute Gasteiger partial charge is 0.305 e. The number of carboxylic acid groups (broad SMARTS) is 1. The van der Waals surface area contributed by atoms with Gasteiger partial charge in [-0.2, -0.15) is 10.3 Å². The number of carboxylic acids is 1. The molecule has 2 amide bonds. The highest BCUT2D eigenvalue weighted by Gasteiger charge is 2.21. The number of nitrogen functional groups attached to an aromatic ring is 1. The van der Waals surface area contributed by atoms with Crippen molar-refractivity contribution in [1.29, 1.82) is 5.26 Å². The van der Waals surface area contributed by atoms with E-state index in [0.29, 0.717) is 5.56 Å². The number of carbonyl (C=O) groups is 3. The zero-order valence-electron chi connectivity index (χ0n) is 15.9. The van der Waals surface area contributed by atoms with Crippen molar-refractivity contribution in [2.45, 2.75) is 12.5 Å². The van der Waals surface area contributed by atoms with Crippen molar-refractivity contribution in [1.82, 2.24) is 25.6 Å². The van der Waals surface area contributed by atoms with Crippen LogP contribution in [0.1, 0.15) is 34.2 Å². The predicted octanol–water partition coefficient (Wildman–Crippen LogP) is -1.71. The van der Waals surface area contributed by atoms with Gasteiger partial charge in [0, 0.05) is 12.4 Å². The number of aliphatic imine (C=N–C) groups is 1. The Morgan fingerprint density at radius 2 is 2.03 bits per heavy atom. The third-order valence-electron chi connectivity index (χ3n) is 3.67. The first-order valence-corrected chi connectivity index (χ1v) is 8.57. The maximum absolute atomic E-state index is 12.4. The molecule has 0 saturated carbocycles. The van der Waals surface area contributed by atoms with Crippen molar-refractivity contribution >= 4 is 35.4 Å². The number of amides is 2. The topological polar surface area (TPSA) is 248 Å². The van der Waals surface area contributed by atoms with E-state index in [2.05, 4.69) is 30.6 Å². The number of nitrogens with one attached hydrogen (secondary N) is 2. The highest BCUT2D eigenvalue weighted by molar-refractivity contribution is 5.98. The third kappa shape index (κ3) is 6.35. The molecule has 14 heteroatoms. The molecule has 2 aromatic rings. The standard InChI is InChI=1S/C17H18N10O4/c18-5-10-15(27-17(20)21)26-13(14(19)25-10)16(31)23-7-11(28)24-9(4-12(29)30)8-2-1-3-22-6-8/h1-3,6,9H,4,7H2,(H2,19,25)(H,23,31)(H,24,28)(H,29,30)(H4,20,21,26,27). The van der Waals surface area contributed by atoms with Gasteiger partial charge in [0.1, 0.15) is 6.07 Å². The summed E-state index contributed by atoms with van der Waals surface area (Å²) in [7, 11) is 0. The highest BCUT2D eigenvalue weighted by atomic mass is 16.4. The van der Waals surface area contributed by atoms with Gasteiger partial charge in [-0.25, -0.2) is 9.97 Å². The van der Waals surface area contributed by atoms with Gasteiger partial charge < -0.3 is 32.9 Å². The summed E-state index contributed by atoms with van der Waals surface area (Å²) < 4.78 is 0. The van der Waals surface area contributed by atoms with Crippen LogP contribution in [-0.4, -0.2) is 50.3 Å². The summed E-state index contributed by atoms with van der Waals surface area (Å²) in [6.45, 7) is -0.520. The van der Waals surface area contributed by atoms with Gasteiger partial charge in [-0.1, -0.05) is 6.07 Å². The lowest BCUT2D eigenvalue weighted by molar-refractivity contribution is -0.137. The number of nitrogens with two attached hydrogens (primary N) is 3. The molecule has 0 fully saturated rings. The van der Waals surface area contributed by atoms with Gasteiger partial charge in [0.2, 0.25) is 5.91 Å². The number of hydrogen-bond acceptors (Lipinski definition) is 9.